The molecule has 3 amide bonds. The van der Waals surface area contributed by atoms with Gasteiger partial charge in [-0.1, -0.05) is 12.1 Å². The molecular weight excluding hydrogens is 394 g/mol. The van der Waals surface area contributed by atoms with Crippen LogP contribution in [-0.2, 0) is 16.0 Å². The Bertz CT molecular complexity index is 801. The second-order valence-corrected chi connectivity index (χ2v) is 8.44. The molecule has 3 rings (SSSR count). The van der Waals surface area contributed by atoms with Crippen LogP contribution in [0.25, 0.3) is 0 Å². The van der Waals surface area contributed by atoms with Crippen LogP contribution in [0, 0.1) is 0 Å². The molecule has 2 aromatic rings. The van der Waals surface area contributed by atoms with E-state index in [0.717, 1.165) is 30.2 Å². The summed E-state index contributed by atoms with van der Waals surface area (Å²) in [5, 5.41) is 9.14. The molecule has 1 saturated heterocycles. The summed E-state index contributed by atoms with van der Waals surface area (Å²) in [6.07, 6.45) is 0.580. The van der Waals surface area contributed by atoms with Gasteiger partial charge in [-0.05, 0) is 29.1 Å². The Morgan fingerprint density at radius 1 is 1.04 bits per heavy atom. The van der Waals surface area contributed by atoms with E-state index in [1.165, 1.54) is 11.3 Å². The van der Waals surface area contributed by atoms with Gasteiger partial charge in [0.25, 0.3) is 5.91 Å². The highest BCUT2D eigenvalue weighted by atomic mass is 32.2. The fraction of sp³-hybridized carbons (Fsp3) is 0.350. The number of nitrogens with zero attached hydrogens (tertiary/aromatic N) is 1. The van der Waals surface area contributed by atoms with E-state index in [1.54, 1.807) is 23.6 Å². The molecule has 0 spiro atoms. The molecule has 1 fully saturated rings. The molecule has 2 heterocycles. The summed E-state index contributed by atoms with van der Waals surface area (Å²) >= 11 is 3.34. The normalized spacial score (nSPS) is 13.8. The van der Waals surface area contributed by atoms with Crippen LogP contribution in [0.15, 0.2) is 41.1 Å². The Morgan fingerprint density at radius 2 is 1.79 bits per heavy atom. The highest BCUT2D eigenvalue weighted by molar-refractivity contribution is 7.99. The molecule has 1 aromatic carbocycles. The van der Waals surface area contributed by atoms with Gasteiger partial charge in [0.2, 0.25) is 11.8 Å². The molecule has 0 bridgehead atoms. The number of nitrogens with one attached hydrogen (secondary N) is 2. The van der Waals surface area contributed by atoms with E-state index < -0.39 is 0 Å². The first-order chi connectivity index (χ1) is 13.6. The second-order valence-electron chi connectivity index (χ2n) is 6.43. The van der Waals surface area contributed by atoms with Crippen molar-refractivity contribution in [2.75, 3.05) is 36.5 Å². The first kappa shape index (κ1) is 20.4. The van der Waals surface area contributed by atoms with Crippen molar-refractivity contribution in [3.05, 3.63) is 52.2 Å². The van der Waals surface area contributed by atoms with Gasteiger partial charge in [-0.15, -0.1) is 0 Å². The third kappa shape index (κ3) is 6.10. The number of carbonyl (C=O) groups excluding carboxylic acids is 3. The molecule has 8 heteroatoms. The molecule has 0 unspecified atom stereocenters. The number of benzene rings is 1. The third-order valence-corrected chi connectivity index (χ3v) is 6.00. The summed E-state index contributed by atoms with van der Waals surface area (Å²) in [6, 6.07) is 9.08. The van der Waals surface area contributed by atoms with Crippen LogP contribution in [0.3, 0.4) is 0 Å². The van der Waals surface area contributed by atoms with E-state index in [-0.39, 0.29) is 30.7 Å². The lowest BCUT2D eigenvalue weighted by atomic mass is 10.1. The van der Waals surface area contributed by atoms with Crippen LogP contribution < -0.4 is 10.6 Å². The fourth-order valence-electron chi connectivity index (χ4n) is 2.81. The summed E-state index contributed by atoms with van der Waals surface area (Å²) in [6.45, 7) is 1.92. The highest BCUT2D eigenvalue weighted by Gasteiger charge is 2.16. The number of anilines is 1. The Labute approximate surface area is 172 Å². The van der Waals surface area contributed by atoms with Crippen LogP contribution in [0.2, 0.25) is 0 Å². The highest BCUT2D eigenvalue weighted by Crippen LogP contribution is 2.14. The Morgan fingerprint density at radius 3 is 2.46 bits per heavy atom. The second kappa shape index (κ2) is 10.3. The maximum Gasteiger partial charge on any atom is 0.252 e. The largest absolute Gasteiger partial charge is 0.351 e. The van der Waals surface area contributed by atoms with Crippen molar-refractivity contribution in [1.82, 2.24) is 10.2 Å². The van der Waals surface area contributed by atoms with Gasteiger partial charge < -0.3 is 15.5 Å². The van der Waals surface area contributed by atoms with Gasteiger partial charge >= 0.3 is 0 Å². The van der Waals surface area contributed by atoms with Gasteiger partial charge in [-0.2, -0.15) is 23.1 Å². The van der Waals surface area contributed by atoms with Gasteiger partial charge in [0.05, 0.1) is 6.42 Å². The molecule has 2 N–H and O–H groups in total. The maximum absolute atomic E-state index is 12.3. The summed E-state index contributed by atoms with van der Waals surface area (Å²) in [5.74, 6) is 1.82. The average molecular weight is 418 g/mol. The predicted octanol–water partition coefficient (Wildman–Crippen LogP) is 2.62. The van der Waals surface area contributed by atoms with E-state index in [2.05, 4.69) is 10.6 Å². The van der Waals surface area contributed by atoms with Crippen LogP contribution in [0.4, 0.5) is 5.69 Å². The molecule has 0 atom stereocenters. The number of hydrogen-bond donors (Lipinski definition) is 2. The molecule has 148 valence electrons. The van der Waals surface area contributed by atoms with E-state index >= 15 is 0 Å². The smallest absolute Gasteiger partial charge is 0.252 e. The monoisotopic (exact) mass is 417 g/mol. The standard InChI is InChI=1S/C20H23N3O3S2/c24-18(5-7-21-20(26)16-6-10-28-14-16)22-17-3-1-15(2-4-17)13-19(25)23-8-11-27-12-9-23/h1-4,6,10,14H,5,7-9,11-13H2,(H,21,26)(H,22,24). The number of hydrogen-bond acceptors (Lipinski definition) is 5. The van der Waals surface area contributed by atoms with Crippen molar-refractivity contribution in [3.8, 4) is 0 Å². The lowest BCUT2D eigenvalue weighted by Gasteiger charge is -2.26. The summed E-state index contributed by atoms with van der Waals surface area (Å²) in [5.41, 5.74) is 2.22. The minimum atomic E-state index is -0.171. The molecule has 28 heavy (non-hydrogen) atoms. The molecule has 1 aliphatic heterocycles. The number of thioether (sulfide) groups is 1. The molecule has 1 aromatic heterocycles. The number of thiophene rings is 1. The van der Waals surface area contributed by atoms with Crippen LogP contribution >= 0.6 is 23.1 Å². The summed E-state index contributed by atoms with van der Waals surface area (Å²) in [7, 11) is 0. The Hall–Kier alpha value is -2.32. The zero-order chi connectivity index (χ0) is 19.8. The van der Waals surface area contributed by atoms with E-state index in [0.29, 0.717) is 17.7 Å². The van der Waals surface area contributed by atoms with Crippen molar-refractivity contribution in [1.29, 1.82) is 0 Å². The lowest BCUT2D eigenvalue weighted by molar-refractivity contribution is -0.130. The van der Waals surface area contributed by atoms with Crippen molar-refractivity contribution >= 4 is 46.5 Å². The van der Waals surface area contributed by atoms with E-state index in [9.17, 15) is 14.4 Å². The Balaban J connectivity index is 1.40. The van der Waals surface area contributed by atoms with E-state index in [1.807, 2.05) is 34.2 Å². The number of amides is 3. The Kier molecular flexibility index (Phi) is 7.50. The number of rotatable bonds is 7. The van der Waals surface area contributed by atoms with Crippen molar-refractivity contribution in [2.24, 2.45) is 0 Å². The fourth-order valence-corrected chi connectivity index (χ4v) is 4.35. The minimum Gasteiger partial charge on any atom is -0.351 e. The zero-order valence-electron chi connectivity index (χ0n) is 15.5. The number of carbonyl (C=O) groups is 3. The predicted molar refractivity (Wildman–Crippen MR) is 114 cm³/mol. The summed E-state index contributed by atoms with van der Waals surface area (Å²) in [4.78, 5) is 38.1. The van der Waals surface area contributed by atoms with Gasteiger partial charge in [-0.3, -0.25) is 14.4 Å². The lowest BCUT2D eigenvalue weighted by Crippen LogP contribution is -2.38. The molecule has 0 saturated carbocycles. The first-order valence-corrected chi connectivity index (χ1v) is 11.3. The van der Waals surface area contributed by atoms with Gasteiger partial charge in [0.1, 0.15) is 0 Å². The van der Waals surface area contributed by atoms with Gasteiger partial charge in [-0.25, -0.2) is 0 Å². The molecule has 0 radical (unpaired) electrons. The molecular formula is C20H23N3O3S2. The molecule has 1 aliphatic rings. The average Bonchev–Trinajstić information content (AvgIpc) is 3.25. The summed E-state index contributed by atoms with van der Waals surface area (Å²) < 4.78 is 0. The zero-order valence-corrected chi connectivity index (χ0v) is 17.1. The van der Waals surface area contributed by atoms with Crippen molar-refractivity contribution < 1.29 is 14.4 Å². The van der Waals surface area contributed by atoms with Crippen LogP contribution in [0.5, 0.6) is 0 Å². The maximum atomic E-state index is 12.3. The first-order valence-electron chi connectivity index (χ1n) is 9.16. The molecule has 0 aliphatic carbocycles. The van der Waals surface area contributed by atoms with Crippen LogP contribution in [-0.4, -0.2) is 53.8 Å². The van der Waals surface area contributed by atoms with Gasteiger partial charge in [0, 0.05) is 54.2 Å². The van der Waals surface area contributed by atoms with E-state index in [4.69, 9.17) is 0 Å². The van der Waals surface area contributed by atoms with Crippen molar-refractivity contribution in [2.45, 2.75) is 12.8 Å². The SMILES string of the molecule is O=C(CCNC(=O)c1ccsc1)Nc1ccc(CC(=O)N2CCSCC2)cc1. The topological polar surface area (TPSA) is 78.5 Å². The van der Waals surface area contributed by atoms with Crippen molar-refractivity contribution in [3.63, 3.8) is 0 Å². The minimum absolute atomic E-state index is 0.151. The van der Waals surface area contributed by atoms with Crippen LogP contribution in [0.1, 0.15) is 22.3 Å². The van der Waals surface area contributed by atoms with Gasteiger partial charge in [0.15, 0.2) is 0 Å². The molecule has 6 nitrogen and oxygen atoms in total. The quantitative estimate of drug-likeness (QED) is 0.726. The third-order valence-electron chi connectivity index (χ3n) is 4.38.